The van der Waals surface area contributed by atoms with Crippen LogP contribution in [0.5, 0.6) is 0 Å². The fourth-order valence-electron chi connectivity index (χ4n) is 2.63. The maximum Gasteiger partial charge on any atom is 0.306 e. The van der Waals surface area contributed by atoms with Crippen LogP contribution in [0.3, 0.4) is 0 Å². The lowest BCUT2D eigenvalue weighted by Crippen LogP contribution is -2.21. The van der Waals surface area contributed by atoms with E-state index in [0.717, 1.165) is 24.1 Å². The van der Waals surface area contributed by atoms with Gasteiger partial charge in [-0.15, -0.1) is 0 Å². The average molecular weight is 289 g/mol. The van der Waals surface area contributed by atoms with Gasteiger partial charge < -0.3 is 9.57 Å². The molecule has 0 atom stereocenters. The highest BCUT2D eigenvalue weighted by atomic mass is 16.6. The molecule has 0 bridgehead atoms. The standard InChI is InChI=1S/C17H23NO3/c1-20-18-16(14-8-4-2-5-9-14)12-13-17(19)21-15-10-6-3-7-11-15/h2,4-5,8-9,15H,3,6-7,10-13H2,1H3/b18-16+. The largest absolute Gasteiger partial charge is 0.462 e. The molecule has 4 nitrogen and oxygen atoms in total. The topological polar surface area (TPSA) is 47.9 Å². The number of ether oxygens (including phenoxy) is 1. The Morgan fingerprint density at radius 1 is 1.14 bits per heavy atom. The van der Waals surface area contributed by atoms with Gasteiger partial charge in [-0.3, -0.25) is 4.79 Å². The van der Waals surface area contributed by atoms with E-state index < -0.39 is 0 Å². The molecular weight excluding hydrogens is 266 g/mol. The van der Waals surface area contributed by atoms with Gasteiger partial charge >= 0.3 is 5.97 Å². The molecule has 0 N–H and O–H groups in total. The third-order valence-corrected chi connectivity index (χ3v) is 3.72. The van der Waals surface area contributed by atoms with Gasteiger partial charge in [-0.25, -0.2) is 0 Å². The molecule has 0 spiro atoms. The van der Waals surface area contributed by atoms with Crippen LogP contribution in [0.25, 0.3) is 0 Å². The normalized spacial score (nSPS) is 16.5. The van der Waals surface area contributed by atoms with Gasteiger partial charge in [-0.05, 0) is 31.2 Å². The number of esters is 1. The predicted molar refractivity (Wildman–Crippen MR) is 82.2 cm³/mol. The zero-order valence-electron chi connectivity index (χ0n) is 12.6. The Morgan fingerprint density at radius 3 is 2.52 bits per heavy atom. The Hall–Kier alpha value is -1.84. The van der Waals surface area contributed by atoms with E-state index >= 15 is 0 Å². The molecule has 0 aromatic heterocycles. The maximum absolute atomic E-state index is 11.9. The molecule has 0 unspecified atom stereocenters. The molecule has 1 aromatic rings. The summed E-state index contributed by atoms with van der Waals surface area (Å²) in [6.07, 6.45) is 6.58. The molecule has 1 aliphatic rings. The maximum atomic E-state index is 11.9. The molecule has 0 aliphatic heterocycles. The number of benzene rings is 1. The van der Waals surface area contributed by atoms with Gasteiger partial charge in [-0.2, -0.15) is 0 Å². The lowest BCUT2D eigenvalue weighted by molar-refractivity contribution is -0.150. The SMILES string of the molecule is CO/N=C(\CCC(=O)OC1CCCCC1)c1ccccc1. The highest BCUT2D eigenvalue weighted by molar-refractivity contribution is 6.01. The molecule has 1 fully saturated rings. The van der Waals surface area contributed by atoms with Crippen LogP contribution in [-0.4, -0.2) is 24.9 Å². The van der Waals surface area contributed by atoms with Gasteiger partial charge in [0.1, 0.15) is 13.2 Å². The second kappa shape index (κ2) is 8.45. The molecule has 0 radical (unpaired) electrons. The third kappa shape index (κ3) is 5.21. The molecule has 0 amide bonds. The zero-order chi connectivity index (χ0) is 14.9. The van der Waals surface area contributed by atoms with Crippen LogP contribution >= 0.6 is 0 Å². The number of hydrogen-bond acceptors (Lipinski definition) is 4. The predicted octanol–water partition coefficient (Wildman–Crippen LogP) is 3.69. The van der Waals surface area contributed by atoms with Crippen molar-refractivity contribution in [3.63, 3.8) is 0 Å². The van der Waals surface area contributed by atoms with Crippen molar-refractivity contribution in [3.05, 3.63) is 35.9 Å². The van der Waals surface area contributed by atoms with Crippen molar-refractivity contribution >= 4 is 11.7 Å². The van der Waals surface area contributed by atoms with Gasteiger partial charge in [-0.1, -0.05) is 41.9 Å². The number of carbonyl (C=O) groups excluding carboxylic acids is 1. The van der Waals surface area contributed by atoms with E-state index in [1.165, 1.54) is 26.4 Å². The Balaban J connectivity index is 1.84. The van der Waals surface area contributed by atoms with Crippen LogP contribution in [0.4, 0.5) is 0 Å². The molecular formula is C17H23NO3. The van der Waals surface area contributed by atoms with Gasteiger partial charge in [0.15, 0.2) is 0 Å². The summed E-state index contributed by atoms with van der Waals surface area (Å²) in [7, 11) is 1.52. The van der Waals surface area contributed by atoms with Crippen LogP contribution in [-0.2, 0) is 14.4 Å². The van der Waals surface area contributed by atoms with E-state index in [2.05, 4.69) is 5.16 Å². The van der Waals surface area contributed by atoms with E-state index in [0.29, 0.717) is 12.8 Å². The van der Waals surface area contributed by atoms with Crippen molar-refractivity contribution in [1.29, 1.82) is 0 Å². The smallest absolute Gasteiger partial charge is 0.306 e. The lowest BCUT2D eigenvalue weighted by atomic mass is 9.98. The second-order valence-corrected chi connectivity index (χ2v) is 5.34. The minimum atomic E-state index is -0.137. The van der Waals surface area contributed by atoms with Crippen LogP contribution in [0.1, 0.15) is 50.5 Å². The summed E-state index contributed by atoms with van der Waals surface area (Å²) < 4.78 is 5.52. The van der Waals surface area contributed by atoms with Crippen molar-refractivity contribution < 1.29 is 14.4 Å². The van der Waals surface area contributed by atoms with Crippen molar-refractivity contribution in [3.8, 4) is 0 Å². The number of carbonyl (C=O) groups is 1. The summed E-state index contributed by atoms with van der Waals surface area (Å²) in [5.74, 6) is -0.137. The summed E-state index contributed by atoms with van der Waals surface area (Å²) in [5, 5.41) is 4.02. The molecule has 0 saturated heterocycles. The van der Waals surface area contributed by atoms with E-state index in [1.807, 2.05) is 30.3 Å². The quantitative estimate of drug-likeness (QED) is 0.456. The van der Waals surface area contributed by atoms with Crippen molar-refractivity contribution in [2.24, 2.45) is 5.16 Å². The Bertz CT molecular complexity index is 464. The third-order valence-electron chi connectivity index (χ3n) is 3.72. The molecule has 2 rings (SSSR count). The van der Waals surface area contributed by atoms with Crippen LogP contribution < -0.4 is 0 Å². The molecule has 114 valence electrons. The summed E-state index contributed by atoms with van der Waals surface area (Å²) in [6.45, 7) is 0. The first-order valence-electron chi connectivity index (χ1n) is 7.64. The Labute approximate surface area is 126 Å². The van der Waals surface area contributed by atoms with Crippen molar-refractivity contribution in [2.75, 3.05) is 7.11 Å². The first-order chi connectivity index (χ1) is 10.3. The monoisotopic (exact) mass is 289 g/mol. The molecule has 0 heterocycles. The molecule has 1 aromatic carbocycles. The van der Waals surface area contributed by atoms with Gasteiger partial charge in [0, 0.05) is 6.42 Å². The lowest BCUT2D eigenvalue weighted by Gasteiger charge is -2.21. The molecule has 1 saturated carbocycles. The summed E-state index contributed by atoms with van der Waals surface area (Å²) in [4.78, 5) is 16.8. The highest BCUT2D eigenvalue weighted by Crippen LogP contribution is 2.21. The van der Waals surface area contributed by atoms with E-state index in [1.54, 1.807) is 0 Å². The van der Waals surface area contributed by atoms with Crippen molar-refractivity contribution in [2.45, 2.75) is 51.0 Å². The average Bonchev–Trinajstić information content (AvgIpc) is 2.53. The van der Waals surface area contributed by atoms with Crippen LogP contribution in [0, 0.1) is 0 Å². The zero-order valence-corrected chi connectivity index (χ0v) is 12.6. The summed E-state index contributed by atoms with van der Waals surface area (Å²) >= 11 is 0. The number of oxime groups is 1. The van der Waals surface area contributed by atoms with Crippen LogP contribution in [0.15, 0.2) is 35.5 Å². The van der Waals surface area contributed by atoms with Gasteiger partial charge in [0.2, 0.25) is 0 Å². The van der Waals surface area contributed by atoms with Crippen LogP contribution in [0.2, 0.25) is 0 Å². The summed E-state index contributed by atoms with van der Waals surface area (Å²) in [6, 6.07) is 9.77. The molecule has 21 heavy (non-hydrogen) atoms. The first kappa shape index (κ1) is 15.5. The Morgan fingerprint density at radius 2 is 1.86 bits per heavy atom. The number of nitrogens with zero attached hydrogens (tertiary/aromatic N) is 1. The fraction of sp³-hybridized carbons (Fsp3) is 0.529. The van der Waals surface area contributed by atoms with Gasteiger partial charge in [0.25, 0.3) is 0 Å². The number of rotatable bonds is 6. The van der Waals surface area contributed by atoms with Gasteiger partial charge in [0.05, 0.1) is 12.1 Å². The molecule has 1 aliphatic carbocycles. The highest BCUT2D eigenvalue weighted by Gasteiger charge is 2.18. The fourth-order valence-corrected chi connectivity index (χ4v) is 2.63. The minimum absolute atomic E-state index is 0.116. The Kier molecular flexibility index (Phi) is 6.25. The second-order valence-electron chi connectivity index (χ2n) is 5.34. The molecule has 4 heteroatoms. The first-order valence-corrected chi connectivity index (χ1v) is 7.64. The number of hydrogen-bond donors (Lipinski definition) is 0. The van der Waals surface area contributed by atoms with E-state index in [9.17, 15) is 4.79 Å². The van der Waals surface area contributed by atoms with E-state index in [4.69, 9.17) is 9.57 Å². The van der Waals surface area contributed by atoms with Crippen molar-refractivity contribution in [1.82, 2.24) is 0 Å². The minimum Gasteiger partial charge on any atom is -0.462 e. The van der Waals surface area contributed by atoms with E-state index in [-0.39, 0.29) is 12.1 Å². The summed E-state index contributed by atoms with van der Waals surface area (Å²) in [5.41, 5.74) is 1.75.